The molecule has 0 amide bonds. The Labute approximate surface area is 298 Å². The third-order valence-corrected chi connectivity index (χ3v) is 8.02. The highest BCUT2D eigenvalue weighted by atomic mass is 19.4. The van der Waals surface area contributed by atoms with E-state index in [0.717, 1.165) is 37.6 Å². The van der Waals surface area contributed by atoms with Crippen molar-refractivity contribution in [1.82, 2.24) is 0 Å². The molecule has 0 spiro atoms. The van der Waals surface area contributed by atoms with E-state index < -0.39 is 24.3 Å². The van der Waals surface area contributed by atoms with E-state index in [-0.39, 0.29) is 5.48 Å². The maximum atomic E-state index is 10.6. The minimum atomic E-state index is -5.08. The topological polar surface area (TPSA) is 138 Å². The fourth-order valence-corrected chi connectivity index (χ4v) is 5.55. The van der Waals surface area contributed by atoms with Crippen molar-refractivity contribution in [2.75, 3.05) is 10.6 Å². The normalized spacial score (nSPS) is 12.5. The van der Waals surface area contributed by atoms with Gasteiger partial charge in [0.15, 0.2) is 25.5 Å². The lowest BCUT2D eigenvalue weighted by Crippen LogP contribution is -2.36. The van der Waals surface area contributed by atoms with Gasteiger partial charge in [0.2, 0.25) is 11.0 Å². The Morgan fingerprint density at radius 2 is 0.887 bits per heavy atom. The van der Waals surface area contributed by atoms with Crippen LogP contribution in [-0.2, 0) is 35.8 Å². The van der Waals surface area contributed by atoms with E-state index >= 15 is 0 Å². The van der Waals surface area contributed by atoms with Gasteiger partial charge in [-0.05, 0) is 29.3 Å². The van der Waals surface area contributed by atoms with Crippen molar-refractivity contribution in [1.29, 1.82) is 0 Å². The van der Waals surface area contributed by atoms with Crippen LogP contribution in [0, 0.1) is 0 Å². The lowest BCUT2D eigenvalue weighted by Gasteiger charge is -2.11. The van der Waals surface area contributed by atoms with Crippen molar-refractivity contribution in [2.24, 2.45) is 0 Å². The van der Waals surface area contributed by atoms with E-state index in [9.17, 15) is 26.3 Å². The zero-order valence-corrected chi connectivity index (χ0v) is 27.7. The van der Waals surface area contributed by atoms with Gasteiger partial charge in [-0.25, -0.2) is 9.59 Å². The van der Waals surface area contributed by atoms with E-state index in [0.29, 0.717) is 0 Å². The molecule has 2 aromatic heterocycles. The van der Waals surface area contributed by atoms with Crippen LogP contribution >= 0.6 is 0 Å². The van der Waals surface area contributed by atoms with Crippen LogP contribution in [-0.4, -0.2) is 40.0 Å². The number of carboxylic acid groups (broad SMARTS) is 2. The number of anilines is 2. The first-order chi connectivity index (χ1) is 24.7. The molecule has 15 heteroatoms. The van der Waals surface area contributed by atoms with Crippen LogP contribution in [0.1, 0.15) is 22.3 Å². The van der Waals surface area contributed by atoms with Crippen LogP contribution < -0.4 is 19.8 Å². The van der Waals surface area contributed by atoms with Gasteiger partial charge in [0.05, 0.1) is 22.1 Å². The van der Waals surface area contributed by atoms with E-state index in [4.69, 9.17) is 19.8 Å². The van der Waals surface area contributed by atoms with Crippen LogP contribution in [0.2, 0.25) is 0 Å². The highest BCUT2D eigenvalue weighted by Crippen LogP contribution is 2.24. The number of alkyl halides is 6. The Hall–Kier alpha value is -6.22. The Bertz CT molecular complexity index is 2060. The summed E-state index contributed by atoms with van der Waals surface area (Å²) in [7, 11) is 0. The van der Waals surface area contributed by atoms with Gasteiger partial charge in [-0.2, -0.15) is 35.5 Å². The lowest BCUT2D eigenvalue weighted by molar-refractivity contribution is -0.663. The molecule has 6 aromatic rings. The smallest absolute Gasteiger partial charge is 0.475 e. The van der Waals surface area contributed by atoms with Crippen LogP contribution in [0.4, 0.5) is 37.7 Å². The molecular weight excluding hydrogens is 706 g/mol. The molecule has 8 bridgehead atoms. The molecule has 0 radical (unpaired) electrons. The number of hydrogen-bond donors (Lipinski definition) is 4. The second kappa shape index (κ2) is 16.9. The minimum absolute atomic E-state index is 0. The number of rotatable bonds is 0. The van der Waals surface area contributed by atoms with Gasteiger partial charge in [-0.1, -0.05) is 66.7 Å². The quantitative estimate of drug-likeness (QED) is 0.102. The summed E-state index contributed by atoms with van der Waals surface area (Å²) in [6.07, 6.45) is -5.76. The lowest BCUT2D eigenvalue weighted by atomic mass is 10.1. The summed E-state index contributed by atoms with van der Waals surface area (Å²) in [5.41, 5.74) is 9.91. The molecule has 0 unspecified atom stereocenters. The average Bonchev–Trinajstić information content (AvgIpc) is 3.11. The van der Waals surface area contributed by atoms with E-state index in [1.54, 1.807) is 0 Å². The van der Waals surface area contributed by atoms with Gasteiger partial charge in [-0.15, -0.1) is 0 Å². The number of halogens is 6. The first kappa shape index (κ1) is 39.6. The van der Waals surface area contributed by atoms with Gasteiger partial charge in [0.1, 0.15) is 0 Å². The SMILES string of the molecule is O.O=C(O)C(F)(F)F.O=C(O)C(F)(F)F.c1cc2cc(c1)C[n+]1ccc(c3ccccc31)NCc1ccc(cc1)CNc1cc[n+](c3ccccc13)C2. The number of nitrogens with one attached hydrogen (secondary N) is 2. The van der Waals surface area contributed by atoms with Gasteiger partial charge in [0.25, 0.3) is 0 Å². The van der Waals surface area contributed by atoms with Crippen LogP contribution in [0.5, 0.6) is 0 Å². The van der Waals surface area contributed by atoms with Crippen molar-refractivity contribution in [2.45, 2.75) is 38.5 Å². The predicted octanol–water partition coefficient (Wildman–Crippen LogP) is 6.64. The van der Waals surface area contributed by atoms with Crippen molar-refractivity contribution < 1.29 is 60.8 Å². The molecule has 6 N–H and O–H groups in total. The number of fused-ring (bicyclic) bond motifs is 2. The van der Waals surface area contributed by atoms with Crippen molar-refractivity contribution in [3.63, 3.8) is 0 Å². The molecule has 5 heterocycles. The summed E-state index contributed by atoms with van der Waals surface area (Å²) < 4.78 is 68.2. The molecule has 0 aliphatic carbocycles. The fraction of sp³-hybridized carbons (Fsp3) is 0.158. The number of benzene rings is 4. The first-order valence-electron chi connectivity index (χ1n) is 15.7. The largest absolute Gasteiger partial charge is 0.490 e. The second-order valence-corrected chi connectivity index (χ2v) is 11.7. The third kappa shape index (κ3) is 10.4. The molecule has 53 heavy (non-hydrogen) atoms. The Kier molecular flexibility index (Phi) is 12.6. The summed E-state index contributed by atoms with van der Waals surface area (Å²) in [6, 6.07) is 39.6. The highest BCUT2D eigenvalue weighted by Gasteiger charge is 2.38. The number of carboxylic acids is 2. The molecular formula is C38H34F6N4O5+2. The molecule has 276 valence electrons. The van der Waals surface area contributed by atoms with Crippen LogP contribution in [0.3, 0.4) is 0 Å². The van der Waals surface area contributed by atoms with Crippen molar-refractivity contribution >= 4 is 45.1 Å². The van der Waals surface area contributed by atoms with Crippen LogP contribution in [0.15, 0.2) is 122 Å². The number of para-hydroxylation sites is 2. The molecule has 0 saturated carbocycles. The van der Waals surface area contributed by atoms with Gasteiger partial charge >= 0.3 is 24.3 Å². The predicted molar refractivity (Wildman–Crippen MR) is 185 cm³/mol. The van der Waals surface area contributed by atoms with Gasteiger partial charge in [0, 0.05) is 48.5 Å². The fourth-order valence-electron chi connectivity index (χ4n) is 5.55. The maximum Gasteiger partial charge on any atom is 0.490 e. The number of carbonyl (C=O) groups is 2. The number of hydrogen-bond acceptors (Lipinski definition) is 4. The zero-order valence-electron chi connectivity index (χ0n) is 27.7. The third-order valence-electron chi connectivity index (χ3n) is 8.02. The molecule has 0 atom stereocenters. The van der Waals surface area contributed by atoms with Gasteiger partial charge < -0.3 is 26.3 Å². The van der Waals surface area contributed by atoms with E-state index in [2.05, 4.69) is 141 Å². The Morgan fingerprint density at radius 1 is 0.528 bits per heavy atom. The number of aliphatic carboxylic acids is 2. The summed E-state index contributed by atoms with van der Waals surface area (Å²) >= 11 is 0. The van der Waals surface area contributed by atoms with Crippen molar-refractivity contribution in [3.05, 3.63) is 144 Å². The Balaban J connectivity index is 0.000000358. The van der Waals surface area contributed by atoms with Gasteiger partial charge in [-0.3, -0.25) is 0 Å². The summed E-state index contributed by atoms with van der Waals surface area (Å²) in [5.74, 6) is -5.51. The molecule has 9 nitrogen and oxygen atoms in total. The molecule has 9 rings (SSSR count). The second-order valence-electron chi connectivity index (χ2n) is 11.7. The zero-order chi connectivity index (χ0) is 37.5. The molecule has 3 aliphatic rings. The molecule has 3 aliphatic heterocycles. The first-order valence-corrected chi connectivity index (χ1v) is 15.7. The molecule has 0 fully saturated rings. The van der Waals surface area contributed by atoms with Crippen LogP contribution in [0.25, 0.3) is 21.8 Å². The monoisotopic (exact) mass is 740 g/mol. The molecule has 0 saturated heterocycles. The van der Waals surface area contributed by atoms with Crippen molar-refractivity contribution in [3.8, 4) is 0 Å². The highest BCUT2D eigenvalue weighted by molar-refractivity contribution is 5.89. The summed E-state index contributed by atoms with van der Waals surface area (Å²) in [6.45, 7) is 3.22. The summed E-state index contributed by atoms with van der Waals surface area (Å²) in [5, 5.41) is 24.1. The molecule has 4 aromatic carbocycles. The average molecular weight is 741 g/mol. The standard InChI is InChI=1S/C34H28N4.2C2HF3O2.H2O/c1-3-10-33-29(8-1)31-16-18-37(33)23-27-6-5-7-28(20-27)24-38-19-17-32(30-9-2-4-11-34(30)38)36-22-26-14-12-25(13-15-26)21-35-31;2*3-2(4,5)1(6)7;/h1-20H,21-24H2;2*(H,6,7);1H2/p+2. The summed E-state index contributed by atoms with van der Waals surface area (Å²) in [4.78, 5) is 17.8. The maximum absolute atomic E-state index is 10.6. The van der Waals surface area contributed by atoms with E-state index in [1.807, 2.05) is 0 Å². The Morgan fingerprint density at radius 3 is 1.25 bits per heavy atom. The number of aromatic nitrogens is 2. The minimum Gasteiger partial charge on any atom is -0.475 e. The number of nitrogens with zero attached hydrogens (tertiary/aromatic N) is 2. The van der Waals surface area contributed by atoms with E-state index in [1.165, 1.54) is 44.1 Å². The number of pyridine rings is 2.